The quantitative estimate of drug-likeness (QED) is 0.331. The lowest BCUT2D eigenvalue weighted by molar-refractivity contribution is 0.0950. The number of halogens is 1. The zero-order chi connectivity index (χ0) is 21.4. The Hall–Kier alpha value is -2.41. The topological polar surface area (TPSA) is 46.9 Å². The Morgan fingerprint density at radius 3 is 2.81 bits per heavy atom. The SMILES string of the molecule is Cc1c(C(=O)NCc2cccs2)cc(-c2csc(-c3ccccc3Cl)n2)n1CC1CC1. The Morgan fingerprint density at radius 1 is 1.23 bits per heavy atom. The van der Waals surface area contributed by atoms with Crippen LogP contribution in [0.25, 0.3) is 22.0 Å². The molecule has 0 spiro atoms. The predicted molar refractivity (Wildman–Crippen MR) is 129 cm³/mol. The van der Waals surface area contributed by atoms with Crippen LogP contribution < -0.4 is 5.32 Å². The van der Waals surface area contributed by atoms with Crippen molar-refractivity contribution in [1.29, 1.82) is 0 Å². The summed E-state index contributed by atoms with van der Waals surface area (Å²) in [6.07, 6.45) is 2.50. The van der Waals surface area contributed by atoms with Crippen LogP contribution >= 0.6 is 34.3 Å². The molecule has 1 saturated carbocycles. The maximum atomic E-state index is 13.0. The van der Waals surface area contributed by atoms with Crippen LogP contribution in [0.1, 0.15) is 33.8 Å². The van der Waals surface area contributed by atoms with E-state index in [4.69, 9.17) is 16.6 Å². The second-order valence-corrected chi connectivity index (χ2v) is 10.2. The lowest BCUT2D eigenvalue weighted by Crippen LogP contribution is -2.23. The van der Waals surface area contributed by atoms with E-state index in [-0.39, 0.29) is 5.91 Å². The lowest BCUT2D eigenvalue weighted by atomic mass is 10.2. The Morgan fingerprint density at radius 2 is 2.06 bits per heavy atom. The van der Waals surface area contributed by atoms with E-state index in [1.807, 2.05) is 54.8 Å². The van der Waals surface area contributed by atoms with Crippen LogP contribution in [0.4, 0.5) is 0 Å². The first kappa shape index (κ1) is 20.5. The number of nitrogens with zero attached hydrogens (tertiary/aromatic N) is 2. The van der Waals surface area contributed by atoms with Crippen molar-refractivity contribution in [3.63, 3.8) is 0 Å². The highest BCUT2D eigenvalue weighted by atomic mass is 35.5. The molecule has 0 saturated heterocycles. The van der Waals surface area contributed by atoms with E-state index in [0.29, 0.717) is 17.5 Å². The number of carbonyl (C=O) groups is 1. The Labute approximate surface area is 194 Å². The minimum Gasteiger partial charge on any atom is -0.347 e. The second-order valence-electron chi connectivity index (χ2n) is 7.86. The molecule has 0 radical (unpaired) electrons. The van der Waals surface area contributed by atoms with Crippen molar-refractivity contribution in [2.24, 2.45) is 5.92 Å². The van der Waals surface area contributed by atoms with Crippen LogP contribution in [0.3, 0.4) is 0 Å². The second kappa shape index (κ2) is 8.61. The molecule has 4 aromatic rings. The smallest absolute Gasteiger partial charge is 0.253 e. The van der Waals surface area contributed by atoms with E-state index in [0.717, 1.165) is 44.6 Å². The van der Waals surface area contributed by atoms with E-state index in [2.05, 4.69) is 15.3 Å². The molecule has 1 aliphatic rings. The molecule has 0 bridgehead atoms. The van der Waals surface area contributed by atoms with Gasteiger partial charge in [-0.15, -0.1) is 22.7 Å². The van der Waals surface area contributed by atoms with Gasteiger partial charge in [0.1, 0.15) is 5.01 Å². The normalized spacial score (nSPS) is 13.5. The molecular weight excluding hydrogens is 446 g/mol. The first-order valence-electron chi connectivity index (χ1n) is 10.3. The van der Waals surface area contributed by atoms with Crippen molar-refractivity contribution >= 4 is 40.2 Å². The molecule has 1 aromatic carbocycles. The number of carbonyl (C=O) groups excluding carboxylic acids is 1. The fourth-order valence-electron chi connectivity index (χ4n) is 3.71. The molecular formula is C24H22ClN3OS2. The Bertz CT molecular complexity index is 1220. The Kier molecular flexibility index (Phi) is 5.69. The summed E-state index contributed by atoms with van der Waals surface area (Å²) in [4.78, 5) is 19.0. The van der Waals surface area contributed by atoms with E-state index in [1.165, 1.54) is 12.8 Å². The third-order valence-electron chi connectivity index (χ3n) is 5.62. The molecule has 0 atom stereocenters. The van der Waals surface area contributed by atoms with Gasteiger partial charge < -0.3 is 9.88 Å². The van der Waals surface area contributed by atoms with Crippen LogP contribution in [0.5, 0.6) is 0 Å². The van der Waals surface area contributed by atoms with Crippen LogP contribution in [0, 0.1) is 12.8 Å². The molecule has 0 unspecified atom stereocenters. The average molecular weight is 468 g/mol. The summed E-state index contributed by atoms with van der Waals surface area (Å²) in [5.74, 6) is 0.650. The minimum absolute atomic E-state index is 0.0387. The van der Waals surface area contributed by atoms with Crippen LogP contribution in [0.2, 0.25) is 5.02 Å². The molecule has 1 N–H and O–H groups in total. The van der Waals surface area contributed by atoms with Crippen molar-refractivity contribution in [2.75, 3.05) is 0 Å². The molecule has 7 heteroatoms. The molecule has 0 aliphatic heterocycles. The minimum atomic E-state index is -0.0387. The molecule has 1 fully saturated rings. The fourth-order valence-corrected chi connectivity index (χ4v) is 5.49. The van der Waals surface area contributed by atoms with Crippen molar-refractivity contribution in [3.8, 4) is 22.0 Å². The molecule has 3 heterocycles. The van der Waals surface area contributed by atoms with Gasteiger partial charge in [-0.3, -0.25) is 4.79 Å². The van der Waals surface area contributed by atoms with Crippen LogP contribution in [0.15, 0.2) is 53.2 Å². The van der Waals surface area contributed by atoms with Crippen LogP contribution in [-0.4, -0.2) is 15.5 Å². The third kappa shape index (κ3) is 4.33. The molecule has 5 rings (SSSR count). The van der Waals surface area contributed by atoms with Gasteiger partial charge in [-0.2, -0.15) is 0 Å². The van der Waals surface area contributed by atoms with Crippen molar-refractivity contribution in [1.82, 2.24) is 14.9 Å². The predicted octanol–water partition coefficient (Wildman–Crippen LogP) is 6.64. The number of thiazole rings is 1. The van der Waals surface area contributed by atoms with E-state index < -0.39 is 0 Å². The number of benzene rings is 1. The van der Waals surface area contributed by atoms with E-state index >= 15 is 0 Å². The maximum absolute atomic E-state index is 13.0. The lowest BCUT2D eigenvalue weighted by Gasteiger charge is -2.10. The van der Waals surface area contributed by atoms with Gasteiger partial charge in [-0.1, -0.05) is 35.9 Å². The highest BCUT2D eigenvalue weighted by Crippen LogP contribution is 2.37. The fraction of sp³-hybridized carbons (Fsp3) is 0.250. The molecule has 31 heavy (non-hydrogen) atoms. The summed E-state index contributed by atoms with van der Waals surface area (Å²) in [6, 6.07) is 13.8. The molecule has 3 aromatic heterocycles. The summed E-state index contributed by atoms with van der Waals surface area (Å²) < 4.78 is 2.27. The monoisotopic (exact) mass is 467 g/mol. The van der Waals surface area contributed by atoms with Crippen LogP contribution in [-0.2, 0) is 13.1 Å². The van der Waals surface area contributed by atoms with E-state index in [1.54, 1.807) is 22.7 Å². The zero-order valence-electron chi connectivity index (χ0n) is 17.1. The van der Waals surface area contributed by atoms with Gasteiger partial charge in [0, 0.05) is 28.1 Å². The van der Waals surface area contributed by atoms with Gasteiger partial charge in [-0.25, -0.2) is 4.98 Å². The summed E-state index contributed by atoms with van der Waals surface area (Å²) in [5, 5.41) is 8.73. The summed E-state index contributed by atoms with van der Waals surface area (Å²) in [7, 11) is 0. The number of hydrogen-bond donors (Lipinski definition) is 1. The molecule has 158 valence electrons. The number of aromatic nitrogens is 2. The zero-order valence-corrected chi connectivity index (χ0v) is 19.5. The van der Waals surface area contributed by atoms with Gasteiger partial charge in [-0.05, 0) is 49.3 Å². The first-order chi connectivity index (χ1) is 15.1. The average Bonchev–Trinajstić information content (AvgIpc) is 3.15. The number of amides is 1. The van der Waals surface area contributed by atoms with Gasteiger partial charge in [0.15, 0.2) is 0 Å². The van der Waals surface area contributed by atoms with Gasteiger partial charge in [0.25, 0.3) is 5.91 Å². The standard InChI is InChI=1S/C24H22ClN3OS2/c1-15-19(23(29)26-12-17-5-4-10-30-17)11-22(28(15)13-16-8-9-16)21-14-31-24(27-21)18-6-2-3-7-20(18)25/h2-7,10-11,14,16H,8-9,12-13H2,1H3,(H,26,29). The highest BCUT2D eigenvalue weighted by molar-refractivity contribution is 7.13. The summed E-state index contributed by atoms with van der Waals surface area (Å²) in [5.41, 5.74) is 4.55. The molecule has 4 nitrogen and oxygen atoms in total. The van der Waals surface area contributed by atoms with Crippen molar-refractivity contribution in [2.45, 2.75) is 32.9 Å². The number of hydrogen-bond acceptors (Lipinski definition) is 4. The molecule has 1 aliphatic carbocycles. The highest BCUT2D eigenvalue weighted by Gasteiger charge is 2.27. The largest absolute Gasteiger partial charge is 0.347 e. The summed E-state index contributed by atoms with van der Waals surface area (Å²) in [6.45, 7) is 3.51. The van der Waals surface area contributed by atoms with Crippen molar-refractivity contribution in [3.05, 3.63) is 74.4 Å². The Balaban J connectivity index is 1.47. The number of rotatable bonds is 7. The van der Waals surface area contributed by atoms with Gasteiger partial charge in [0.2, 0.25) is 0 Å². The van der Waals surface area contributed by atoms with Gasteiger partial charge >= 0.3 is 0 Å². The molecule has 1 amide bonds. The van der Waals surface area contributed by atoms with Gasteiger partial charge in [0.05, 0.1) is 28.5 Å². The summed E-state index contributed by atoms with van der Waals surface area (Å²) >= 11 is 9.61. The van der Waals surface area contributed by atoms with E-state index in [9.17, 15) is 4.79 Å². The third-order valence-corrected chi connectivity index (χ3v) is 7.70. The van der Waals surface area contributed by atoms with Crippen molar-refractivity contribution < 1.29 is 4.79 Å². The first-order valence-corrected chi connectivity index (χ1v) is 12.5. The maximum Gasteiger partial charge on any atom is 0.253 e. The number of nitrogens with one attached hydrogen (secondary N) is 1. The number of thiophene rings is 1.